The van der Waals surface area contributed by atoms with E-state index in [1.807, 2.05) is 0 Å². The summed E-state index contributed by atoms with van der Waals surface area (Å²) in [6.07, 6.45) is 0. The average Bonchev–Trinajstić information content (AvgIpc) is 2.55. The van der Waals surface area contributed by atoms with Crippen LogP contribution in [0.15, 0.2) is 42.5 Å². The van der Waals surface area contributed by atoms with Crippen molar-refractivity contribution in [1.29, 1.82) is 0 Å². The van der Waals surface area contributed by atoms with Crippen molar-refractivity contribution >= 4 is 11.8 Å². The molecule has 1 atom stereocenters. The highest BCUT2D eigenvalue weighted by atomic mass is 19.2. The van der Waals surface area contributed by atoms with Crippen molar-refractivity contribution < 1.29 is 22.8 Å². The van der Waals surface area contributed by atoms with Crippen LogP contribution in [-0.2, 0) is 4.79 Å². The Labute approximate surface area is 130 Å². The summed E-state index contributed by atoms with van der Waals surface area (Å²) in [7, 11) is 1.35. The van der Waals surface area contributed by atoms with Gasteiger partial charge in [-0.15, -0.1) is 0 Å². The van der Waals surface area contributed by atoms with Crippen LogP contribution >= 0.6 is 0 Å². The number of carbonyl (C=O) groups is 2. The molecule has 120 valence electrons. The molecule has 0 spiro atoms. The third-order valence-electron chi connectivity index (χ3n) is 3.17. The number of benzene rings is 2. The van der Waals surface area contributed by atoms with E-state index in [1.165, 1.54) is 25.2 Å². The van der Waals surface area contributed by atoms with Crippen LogP contribution in [0.2, 0.25) is 0 Å². The maximum Gasteiger partial charge on any atom is 0.252 e. The minimum atomic E-state index is -1.22. The molecule has 2 N–H and O–H groups in total. The highest BCUT2D eigenvalue weighted by Gasteiger charge is 2.23. The quantitative estimate of drug-likeness (QED) is 0.908. The molecule has 0 radical (unpaired) electrons. The lowest BCUT2D eigenvalue weighted by Gasteiger charge is -2.18. The standard InChI is InChI=1S/C16H13F3N2O2/c1-20-16(23)14(10-4-7-12(18)13(19)8-10)21-15(22)9-2-5-11(17)6-3-9/h2-8,14H,1H3,(H,20,23)(H,21,22). The largest absolute Gasteiger partial charge is 0.357 e. The zero-order valence-electron chi connectivity index (χ0n) is 12.1. The normalized spacial score (nSPS) is 11.7. The van der Waals surface area contributed by atoms with Crippen molar-refractivity contribution in [1.82, 2.24) is 10.6 Å². The number of halogens is 3. The molecule has 1 unspecified atom stereocenters. The van der Waals surface area contributed by atoms with Gasteiger partial charge in [-0.2, -0.15) is 0 Å². The Bertz CT molecular complexity index is 733. The molecule has 0 bridgehead atoms. The van der Waals surface area contributed by atoms with Gasteiger partial charge < -0.3 is 10.6 Å². The second kappa shape index (κ2) is 6.95. The Kier molecular flexibility index (Phi) is 5.00. The van der Waals surface area contributed by atoms with Crippen LogP contribution in [0.5, 0.6) is 0 Å². The van der Waals surface area contributed by atoms with Gasteiger partial charge in [0.15, 0.2) is 11.6 Å². The van der Waals surface area contributed by atoms with Crippen LogP contribution in [0.3, 0.4) is 0 Å². The lowest BCUT2D eigenvalue weighted by atomic mass is 10.0. The van der Waals surface area contributed by atoms with Gasteiger partial charge in [-0.3, -0.25) is 9.59 Å². The fourth-order valence-electron chi connectivity index (χ4n) is 1.95. The minimum Gasteiger partial charge on any atom is -0.357 e. The number of hydrogen-bond acceptors (Lipinski definition) is 2. The molecule has 2 rings (SSSR count). The van der Waals surface area contributed by atoms with Gasteiger partial charge in [0.05, 0.1) is 0 Å². The highest BCUT2D eigenvalue weighted by Crippen LogP contribution is 2.17. The summed E-state index contributed by atoms with van der Waals surface area (Å²) >= 11 is 0. The summed E-state index contributed by atoms with van der Waals surface area (Å²) in [5.41, 5.74) is 0.210. The molecular formula is C16H13F3N2O2. The van der Waals surface area contributed by atoms with Crippen LogP contribution in [0.1, 0.15) is 22.0 Å². The molecule has 2 aromatic carbocycles. The van der Waals surface area contributed by atoms with Crippen molar-refractivity contribution in [2.75, 3.05) is 7.05 Å². The molecule has 23 heavy (non-hydrogen) atoms. The lowest BCUT2D eigenvalue weighted by molar-refractivity contribution is -0.122. The predicted octanol–water partition coefficient (Wildman–Crippen LogP) is 2.32. The number of nitrogens with one attached hydrogen (secondary N) is 2. The van der Waals surface area contributed by atoms with E-state index in [-0.39, 0.29) is 11.1 Å². The van der Waals surface area contributed by atoms with E-state index in [9.17, 15) is 22.8 Å². The summed E-state index contributed by atoms with van der Waals surface area (Å²) in [5.74, 6) is -3.96. The first kappa shape index (κ1) is 16.5. The molecule has 0 fully saturated rings. The molecule has 2 amide bonds. The monoisotopic (exact) mass is 322 g/mol. The third kappa shape index (κ3) is 3.88. The van der Waals surface area contributed by atoms with E-state index in [2.05, 4.69) is 10.6 Å². The van der Waals surface area contributed by atoms with Gasteiger partial charge in [0.25, 0.3) is 5.91 Å². The SMILES string of the molecule is CNC(=O)C(NC(=O)c1ccc(F)cc1)c1ccc(F)c(F)c1. The molecule has 0 aliphatic heterocycles. The Balaban J connectivity index is 2.28. The maximum atomic E-state index is 13.4. The molecule has 0 saturated carbocycles. The van der Waals surface area contributed by atoms with Crippen molar-refractivity contribution in [3.05, 3.63) is 71.0 Å². The Morgan fingerprint density at radius 2 is 1.61 bits per heavy atom. The number of amides is 2. The summed E-state index contributed by atoms with van der Waals surface area (Å²) in [5, 5.41) is 4.74. The first-order valence-electron chi connectivity index (χ1n) is 6.65. The molecule has 0 heterocycles. The van der Waals surface area contributed by atoms with E-state index in [4.69, 9.17) is 0 Å². The fourth-order valence-corrected chi connectivity index (χ4v) is 1.95. The van der Waals surface area contributed by atoms with Crippen LogP contribution in [0.25, 0.3) is 0 Å². The topological polar surface area (TPSA) is 58.2 Å². The minimum absolute atomic E-state index is 0.0821. The van der Waals surface area contributed by atoms with E-state index in [0.29, 0.717) is 0 Å². The summed E-state index contributed by atoms with van der Waals surface area (Å²) < 4.78 is 39.2. The number of carbonyl (C=O) groups excluding carboxylic acids is 2. The van der Waals surface area contributed by atoms with Gasteiger partial charge in [-0.25, -0.2) is 13.2 Å². The zero-order chi connectivity index (χ0) is 17.0. The molecule has 0 saturated heterocycles. The fraction of sp³-hybridized carbons (Fsp3) is 0.125. The number of hydrogen-bond donors (Lipinski definition) is 2. The van der Waals surface area contributed by atoms with Gasteiger partial charge in [-0.05, 0) is 42.0 Å². The third-order valence-corrected chi connectivity index (χ3v) is 3.17. The van der Waals surface area contributed by atoms with Crippen molar-refractivity contribution in [3.8, 4) is 0 Å². The van der Waals surface area contributed by atoms with Gasteiger partial charge in [-0.1, -0.05) is 6.07 Å². The zero-order valence-corrected chi connectivity index (χ0v) is 12.1. The number of likely N-dealkylation sites (N-methyl/N-ethyl adjacent to an activating group) is 1. The van der Waals surface area contributed by atoms with E-state index in [0.717, 1.165) is 24.3 Å². The molecular weight excluding hydrogens is 309 g/mol. The summed E-state index contributed by atoms with van der Waals surface area (Å²) in [6, 6.07) is 6.37. The first-order chi connectivity index (χ1) is 10.9. The number of rotatable bonds is 4. The van der Waals surface area contributed by atoms with E-state index < -0.39 is 35.3 Å². The van der Waals surface area contributed by atoms with E-state index in [1.54, 1.807) is 0 Å². The van der Waals surface area contributed by atoms with Gasteiger partial charge in [0.1, 0.15) is 11.9 Å². The second-order valence-corrected chi connectivity index (χ2v) is 4.70. The van der Waals surface area contributed by atoms with Crippen molar-refractivity contribution in [3.63, 3.8) is 0 Å². The summed E-state index contributed by atoms with van der Waals surface area (Å²) in [4.78, 5) is 24.1. The predicted molar refractivity (Wildman–Crippen MR) is 77.0 cm³/mol. The Hall–Kier alpha value is -2.83. The molecule has 0 aliphatic rings. The van der Waals surface area contributed by atoms with E-state index >= 15 is 0 Å². The van der Waals surface area contributed by atoms with Crippen molar-refractivity contribution in [2.45, 2.75) is 6.04 Å². The van der Waals surface area contributed by atoms with Gasteiger partial charge in [0.2, 0.25) is 5.91 Å². The van der Waals surface area contributed by atoms with Crippen LogP contribution in [0, 0.1) is 17.5 Å². The molecule has 0 aliphatic carbocycles. The molecule has 4 nitrogen and oxygen atoms in total. The molecule has 7 heteroatoms. The van der Waals surface area contributed by atoms with Crippen LogP contribution in [-0.4, -0.2) is 18.9 Å². The summed E-state index contributed by atoms with van der Waals surface area (Å²) in [6.45, 7) is 0. The first-order valence-corrected chi connectivity index (χ1v) is 6.65. The highest BCUT2D eigenvalue weighted by molar-refractivity contribution is 5.97. The maximum absolute atomic E-state index is 13.4. The molecule has 0 aromatic heterocycles. The Morgan fingerprint density at radius 3 is 2.17 bits per heavy atom. The smallest absolute Gasteiger partial charge is 0.252 e. The van der Waals surface area contributed by atoms with Crippen LogP contribution < -0.4 is 10.6 Å². The lowest BCUT2D eigenvalue weighted by Crippen LogP contribution is -2.39. The second-order valence-electron chi connectivity index (χ2n) is 4.70. The Morgan fingerprint density at radius 1 is 0.957 bits per heavy atom. The van der Waals surface area contributed by atoms with Crippen molar-refractivity contribution in [2.24, 2.45) is 0 Å². The van der Waals surface area contributed by atoms with Gasteiger partial charge >= 0.3 is 0 Å². The molecule has 2 aromatic rings. The van der Waals surface area contributed by atoms with Crippen LogP contribution in [0.4, 0.5) is 13.2 Å². The van der Waals surface area contributed by atoms with Gasteiger partial charge in [0, 0.05) is 12.6 Å². The average molecular weight is 322 g/mol.